The van der Waals surface area contributed by atoms with Crippen molar-refractivity contribution in [2.75, 3.05) is 31.1 Å². The number of nitrogens with zero attached hydrogens (tertiary/aromatic N) is 1. The van der Waals surface area contributed by atoms with Gasteiger partial charge in [0.2, 0.25) is 0 Å². The van der Waals surface area contributed by atoms with E-state index in [4.69, 9.17) is 4.74 Å². The standard InChI is InChI=1S/C16H25BrN2O/c1-5-18-12(2)13-6-7-15(14(17)10-13)19-8-9-20-16(3,4)11-19/h6-7,10,12,18H,5,8-9,11H2,1-4H3. The Kier molecular flexibility index (Phi) is 5.10. The maximum absolute atomic E-state index is 5.78. The molecule has 1 aliphatic rings. The molecule has 3 nitrogen and oxygen atoms in total. The van der Waals surface area contributed by atoms with E-state index in [9.17, 15) is 0 Å². The van der Waals surface area contributed by atoms with Crippen LogP contribution in [0.15, 0.2) is 22.7 Å². The molecule has 0 radical (unpaired) electrons. The van der Waals surface area contributed by atoms with Crippen molar-refractivity contribution in [2.24, 2.45) is 0 Å². The Bertz CT molecular complexity index is 462. The normalized spacial score (nSPS) is 19.9. The van der Waals surface area contributed by atoms with Crippen molar-refractivity contribution in [3.05, 3.63) is 28.2 Å². The van der Waals surface area contributed by atoms with Crippen LogP contribution in [0.25, 0.3) is 0 Å². The van der Waals surface area contributed by atoms with Gasteiger partial charge in [-0.25, -0.2) is 0 Å². The zero-order valence-electron chi connectivity index (χ0n) is 12.9. The highest BCUT2D eigenvalue weighted by molar-refractivity contribution is 9.10. The molecule has 1 aromatic rings. The monoisotopic (exact) mass is 340 g/mol. The van der Waals surface area contributed by atoms with Crippen LogP contribution < -0.4 is 10.2 Å². The summed E-state index contributed by atoms with van der Waals surface area (Å²) in [7, 11) is 0. The highest BCUT2D eigenvalue weighted by Gasteiger charge is 2.28. The predicted octanol–water partition coefficient (Wildman–Crippen LogP) is 3.73. The molecule has 0 amide bonds. The van der Waals surface area contributed by atoms with Crippen LogP contribution in [-0.4, -0.2) is 31.8 Å². The molecule has 2 rings (SSSR count). The third-order valence-corrected chi connectivity index (χ3v) is 4.38. The van der Waals surface area contributed by atoms with E-state index in [1.807, 2.05) is 0 Å². The molecule has 1 saturated heterocycles. The van der Waals surface area contributed by atoms with E-state index in [1.165, 1.54) is 11.3 Å². The Balaban J connectivity index is 2.17. The number of hydrogen-bond donors (Lipinski definition) is 1. The molecule has 0 aromatic heterocycles. The van der Waals surface area contributed by atoms with Gasteiger partial charge in [0, 0.05) is 23.6 Å². The SMILES string of the molecule is CCNC(C)c1ccc(N2CCOC(C)(C)C2)c(Br)c1. The van der Waals surface area contributed by atoms with Crippen LogP contribution in [0.3, 0.4) is 0 Å². The van der Waals surface area contributed by atoms with E-state index in [0.29, 0.717) is 6.04 Å². The molecular weight excluding hydrogens is 316 g/mol. The Morgan fingerprint density at radius 3 is 2.80 bits per heavy atom. The highest BCUT2D eigenvalue weighted by atomic mass is 79.9. The molecule has 0 aliphatic carbocycles. The van der Waals surface area contributed by atoms with Gasteiger partial charge in [0.25, 0.3) is 0 Å². The molecule has 20 heavy (non-hydrogen) atoms. The smallest absolute Gasteiger partial charge is 0.0801 e. The molecule has 1 unspecified atom stereocenters. The second-order valence-electron chi connectivity index (χ2n) is 6.02. The lowest BCUT2D eigenvalue weighted by Crippen LogP contribution is -2.48. The van der Waals surface area contributed by atoms with Gasteiger partial charge in [-0.15, -0.1) is 0 Å². The summed E-state index contributed by atoms with van der Waals surface area (Å²) in [6.07, 6.45) is 0. The van der Waals surface area contributed by atoms with Gasteiger partial charge in [-0.05, 0) is 60.9 Å². The molecule has 4 heteroatoms. The summed E-state index contributed by atoms with van der Waals surface area (Å²) in [5.74, 6) is 0. The summed E-state index contributed by atoms with van der Waals surface area (Å²) in [6, 6.07) is 7.04. The average molecular weight is 341 g/mol. The minimum absolute atomic E-state index is 0.0760. The van der Waals surface area contributed by atoms with Crippen molar-refractivity contribution in [2.45, 2.75) is 39.3 Å². The van der Waals surface area contributed by atoms with Crippen LogP contribution in [0.2, 0.25) is 0 Å². The molecular formula is C16H25BrN2O. The van der Waals surface area contributed by atoms with E-state index in [1.54, 1.807) is 0 Å². The second-order valence-corrected chi connectivity index (χ2v) is 6.87. The summed E-state index contributed by atoms with van der Waals surface area (Å²) in [5, 5.41) is 3.45. The molecule has 0 saturated carbocycles. The third-order valence-electron chi connectivity index (χ3n) is 3.75. The first kappa shape index (κ1) is 15.8. The Morgan fingerprint density at radius 2 is 2.20 bits per heavy atom. The summed E-state index contributed by atoms with van der Waals surface area (Å²) in [4.78, 5) is 2.40. The fourth-order valence-corrected chi connectivity index (χ4v) is 3.34. The van der Waals surface area contributed by atoms with Gasteiger partial charge in [0.15, 0.2) is 0 Å². The van der Waals surface area contributed by atoms with E-state index in [-0.39, 0.29) is 5.60 Å². The van der Waals surface area contributed by atoms with Gasteiger partial charge in [-0.1, -0.05) is 13.0 Å². The van der Waals surface area contributed by atoms with E-state index >= 15 is 0 Å². The highest BCUT2D eigenvalue weighted by Crippen LogP contribution is 2.32. The maximum Gasteiger partial charge on any atom is 0.0801 e. The average Bonchev–Trinajstić information content (AvgIpc) is 2.37. The summed E-state index contributed by atoms with van der Waals surface area (Å²) in [6.45, 7) is 12.3. The number of morpholine rings is 1. The van der Waals surface area contributed by atoms with Crippen LogP contribution in [0.1, 0.15) is 39.3 Å². The Morgan fingerprint density at radius 1 is 1.45 bits per heavy atom. The first-order valence-electron chi connectivity index (χ1n) is 7.34. The number of rotatable bonds is 4. The van der Waals surface area contributed by atoms with Crippen molar-refractivity contribution in [3.8, 4) is 0 Å². The number of halogens is 1. The molecule has 1 aromatic carbocycles. The van der Waals surface area contributed by atoms with E-state index in [2.05, 4.69) is 72.0 Å². The van der Waals surface area contributed by atoms with E-state index < -0.39 is 0 Å². The number of benzene rings is 1. The Hall–Kier alpha value is -0.580. The fourth-order valence-electron chi connectivity index (χ4n) is 2.70. The molecule has 0 bridgehead atoms. The first-order valence-corrected chi connectivity index (χ1v) is 8.14. The van der Waals surface area contributed by atoms with Crippen molar-refractivity contribution in [1.29, 1.82) is 0 Å². The topological polar surface area (TPSA) is 24.5 Å². The third kappa shape index (κ3) is 3.74. The molecule has 1 aliphatic heterocycles. The largest absolute Gasteiger partial charge is 0.372 e. The molecule has 1 N–H and O–H groups in total. The second kappa shape index (κ2) is 6.46. The van der Waals surface area contributed by atoms with Gasteiger partial charge in [-0.3, -0.25) is 0 Å². The van der Waals surface area contributed by atoms with Crippen molar-refractivity contribution >= 4 is 21.6 Å². The number of ether oxygens (including phenoxy) is 1. The number of hydrogen-bond acceptors (Lipinski definition) is 3. The van der Waals surface area contributed by atoms with Crippen molar-refractivity contribution < 1.29 is 4.74 Å². The summed E-state index contributed by atoms with van der Waals surface area (Å²) in [5.41, 5.74) is 2.50. The lowest BCUT2D eigenvalue weighted by molar-refractivity contribution is -0.0277. The minimum atomic E-state index is -0.0760. The van der Waals surface area contributed by atoms with Crippen LogP contribution in [0.5, 0.6) is 0 Å². The molecule has 1 atom stereocenters. The lowest BCUT2D eigenvalue weighted by atomic mass is 10.0. The fraction of sp³-hybridized carbons (Fsp3) is 0.625. The van der Waals surface area contributed by atoms with Crippen LogP contribution in [-0.2, 0) is 4.74 Å². The van der Waals surface area contributed by atoms with Gasteiger partial charge in [0.05, 0.1) is 17.9 Å². The van der Waals surface area contributed by atoms with Gasteiger partial charge >= 0.3 is 0 Å². The lowest BCUT2D eigenvalue weighted by Gasteiger charge is -2.40. The zero-order valence-corrected chi connectivity index (χ0v) is 14.5. The first-order chi connectivity index (χ1) is 9.43. The van der Waals surface area contributed by atoms with Gasteiger partial charge in [-0.2, -0.15) is 0 Å². The van der Waals surface area contributed by atoms with Gasteiger partial charge in [0.1, 0.15) is 0 Å². The molecule has 112 valence electrons. The van der Waals surface area contributed by atoms with Crippen LogP contribution >= 0.6 is 15.9 Å². The zero-order chi connectivity index (χ0) is 14.8. The van der Waals surface area contributed by atoms with Crippen molar-refractivity contribution in [3.63, 3.8) is 0 Å². The number of nitrogens with one attached hydrogen (secondary N) is 1. The minimum Gasteiger partial charge on any atom is -0.372 e. The molecule has 1 fully saturated rings. The van der Waals surface area contributed by atoms with E-state index in [0.717, 1.165) is 30.7 Å². The maximum atomic E-state index is 5.78. The van der Waals surface area contributed by atoms with Crippen molar-refractivity contribution in [1.82, 2.24) is 5.32 Å². The number of anilines is 1. The summed E-state index contributed by atoms with van der Waals surface area (Å²) >= 11 is 3.73. The predicted molar refractivity (Wildman–Crippen MR) is 88.5 cm³/mol. The van der Waals surface area contributed by atoms with Crippen LogP contribution in [0.4, 0.5) is 5.69 Å². The van der Waals surface area contributed by atoms with Crippen LogP contribution in [0, 0.1) is 0 Å². The Labute approximate surface area is 130 Å². The molecule has 0 spiro atoms. The quantitative estimate of drug-likeness (QED) is 0.903. The summed E-state index contributed by atoms with van der Waals surface area (Å²) < 4.78 is 6.95. The molecule has 1 heterocycles. The van der Waals surface area contributed by atoms with Gasteiger partial charge < -0.3 is 15.0 Å².